The van der Waals surface area contributed by atoms with Crippen LogP contribution in [-0.4, -0.2) is 114 Å². The summed E-state index contributed by atoms with van der Waals surface area (Å²) in [5, 5.41) is 0. The third-order valence-corrected chi connectivity index (χ3v) is 9.74. The summed E-state index contributed by atoms with van der Waals surface area (Å²) in [7, 11) is -9.56. The Morgan fingerprint density at radius 3 is 0.895 bits per heavy atom. The molecule has 0 aliphatic rings. The first-order valence-corrected chi connectivity index (χ1v) is 21.7. The molecule has 2 aromatic rings. The van der Waals surface area contributed by atoms with E-state index in [1.54, 1.807) is 0 Å². The molecular formula is C40H58CaO14S2. The van der Waals surface area contributed by atoms with Crippen LogP contribution in [0, 0.1) is 23.7 Å². The summed E-state index contributed by atoms with van der Waals surface area (Å²) in [6.07, 6.45) is 6.09. The molecule has 0 saturated heterocycles. The Morgan fingerprint density at radius 1 is 0.456 bits per heavy atom. The Labute approximate surface area is 368 Å². The largest absolute Gasteiger partial charge is 2.00 e. The summed E-state index contributed by atoms with van der Waals surface area (Å²) in [6.45, 7) is 17.0. The van der Waals surface area contributed by atoms with Crippen molar-refractivity contribution in [1.82, 2.24) is 0 Å². The zero-order valence-electron chi connectivity index (χ0n) is 34.5. The van der Waals surface area contributed by atoms with Crippen LogP contribution in [0.2, 0.25) is 0 Å². The molecule has 0 radical (unpaired) electrons. The Morgan fingerprint density at radius 2 is 0.684 bits per heavy atom. The van der Waals surface area contributed by atoms with E-state index in [0.717, 1.165) is 62.1 Å². The zero-order valence-corrected chi connectivity index (χ0v) is 38.3. The summed E-state index contributed by atoms with van der Waals surface area (Å²) in [5.74, 6) is -1.39. The molecule has 0 spiro atoms. The van der Waals surface area contributed by atoms with Gasteiger partial charge in [0, 0.05) is 0 Å². The van der Waals surface area contributed by atoms with Gasteiger partial charge in [-0.1, -0.05) is 55.4 Å². The predicted octanol–water partition coefficient (Wildman–Crippen LogP) is 7.17. The van der Waals surface area contributed by atoms with E-state index >= 15 is 0 Å². The molecule has 0 unspecified atom stereocenters. The molecule has 0 amide bonds. The minimum absolute atomic E-state index is 0. The van der Waals surface area contributed by atoms with Gasteiger partial charge in [0.1, 0.15) is 20.2 Å². The van der Waals surface area contributed by atoms with E-state index in [4.69, 9.17) is 18.9 Å². The molecule has 0 saturated carbocycles. The zero-order chi connectivity index (χ0) is 42.6. The first-order chi connectivity index (χ1) is 26.0. The van der Waals surface area contributed by atoms with Crippen molar-refractivity contribution in [2.45, 2.75) is 117 Å². The van der Waals surface area contributed by atoms with Gasteiger partial charge in [0.25, 0.3) is 0 Å². The molecule has 0 bridgehead atoms. The summed E-state index contributed by atoms with van der Waals surface area (Å²) < 4.78 is 88.3. The topological polar surface area (TPSA) is 220 Å². The SMILES string of the molecule is CC(C)CCCOC(=O)c1ccc(S(=O)(=O)[O-])cc1C(=O)OCCCC(C)C.CC(C)CCCOC(=O)c1ccc(S(=O)(=O)[O-])cc1C(=O)OCCCC(C)C.[Ca+2]. The first-order valence-electron chi connectivity index (χ1n) is 18.9. The second kappa shape index (κ2) is 27.2. The van der Waals surface area contributed by atoms with Gasteiger partial charge in [0.2, 0.25) is 0 Å². The van der Waals surface area contributed by atoms with Crippen LogP contribution in [0.5, 0.6) is 0 Å². The number of hydrogen-bond donors (Lipinski definition) is 0. The van der Waals surface area contributed by atoms with Gasteiger partial charge in [-0.05, 0) is 111 Å². The minimum Gasteiger partial charge on any atom is -0.744 e. The number of benzene rings is 2. The van der Waals surface area contributed by atoms with Crippen LogP contribution >= 0.6 is 0 Å². The van der Waals surface area contributed by atoms with Crippen molar-refractivity contribution in [3.8, 4) is 0 Å². The fraction of sp³-hybridized carbons (Fsp3) is 0.600. The van der Waals surface area contributed by atoms with Crippen LogP contribution in [0.1, 0.15) is 148 Å². The number of carbonyl (C=O) groups excluding carboxylic acids is 4. The molecular weight excluding hydrogens is 809 g/mol. The smallest absolute Gasteiger partial charge is 0.744 e. The Bertz CT molecular complexity index is 1670. The van der Waals surface area contributed by atoms with E-state index in [0.29, 0.717) is 49.4 Å². The van der Waals surface area contributed by atoms with Crippen LogP contribution in [0.3, 0.4) is 0 Å². The third-order valence-electron chi connectivity index (χ3n) is 8.07. The van der Waals surface area contributed by atoms with E-state index in [9.17, 15) is 45.1 Å². The van der Waals surface area contributed by atoms with Gasteiger partial charge in [-0.3, -0.25) is 0 Å². The molecule has 14 nitrogen and oxygen atoms in total. The van der Waals surface area contributed by atoms with Gasteiger partial charge in [-0.25, -0.2) is 36.0 Å². The molecule has 57 heavy (non-hydrogen) atoms. The summed E-state index contributed by atoms with van der Waals surface area (Å²) in [5.41, 5.74) is -0.803. The molecule has 0 aliphatic heterocycles. The van der Waals surface area contributed by atoms with Gasteiger partial charge in [0.05, 0.1) is 58.5 Å². The van der Waals surface area contributed by atoms with E-state index in [1.165, 1.54) is 0 Å². The fourth-order valence-electron chi connectivity index (χ4n) is 4.99. The van der Waals surface area contributed by atoms with Crippen LogP contribution < -0.4 is 0 Å². The molecule has 2 rings (SSSR count). The second-order valence-electron chi connectivity index (χ2n) is 15.0. The van der Waals surface area contributed by atoms with Crippen LogP contribution in [-0.2, 0) is 39.2 Å². The second-order valence-corrected chi connectivity index (χ2v) is 17.8. The average molecular weight is 867 g/mol. The van der Waals surface area contributed by atoms with Crippen molar-refractivity contribution >= 4 is 81.9 Å². The molecule has 0 N–H and O–H groups in total. The molecule has 2 aromatic carbocycles. The van der Waals surface area contributed by atoms with Crippen molar-refractivity contribution < 1.29 is 64.1 Å². The molecule has 0 heterocycles. The van der Waals surface area contributed by atoms with Gasteiger partial charge < -0.3 is 28.1 Å². The van der Waals surface area contributed by atoms with Crippen LogP contribution in [0.25, 0.3) is 0 Å². The van der Waals surface area contributed by atoms with Crippen LogP contribution in [0.15, 0.2) is 46.2 Å². The van der Waals surface area contributed by atoms with Crippen LogP contribution in [0.4, 0.5) is 0 Å². The van der Waals surface area contributed by atoms with Gasteiger partial charge >= 0.3 is 61.6 Å². The number of hydrogen-bond acceptors (Lipinski definition) is 14. The Balaban J connectivity index is 0.00000108. The Kier molecular flexibility index (Phi) is 26.0. The standard InChI is InChI=1S/2C20H30O7S.Ca/c2*1-14(2)7-5-11-26-19(21)17-10-9-16(28(23,24)25)13-18(17)20(22)27-12-6-8-15(3)4;/h2*9-10,13-15H,5-8,11-12H2,1-4H3,(H,23,24,25);/q;;+2/p-2. The quantitative estimate of drug-likeness (QED) is 0.0377. The van der Waals surface area contributed by atoms with Gasteiger partial charge in [0.15, 0.2) is 0 Å². The van der Waals surface area contributed by atoms with E-state index in [2.05, 4.69) is 27.7 Å². The fourth-order valence-corrected chi connectivity index (χ4v) is 5.98. The third kappa shape index (κ3) is 22.4. The molecule has 0 aliphatic carbocycles. The first kappa shape index (κ1) is 54.4. The van der Waals surface area contributed by atoms with E-state index in [1.807, 2.05) is 27.7 Å². The number of esters is 4. The molecule has 0 atom stereocenters. The van der Waals surface area contributed by atoms with Crippen molar-refractivity contribution in [2.24, 2.45) is 23.7 Å². The number of rotatable bonds is 22. The van der Waals surface area contributed by atoms with Gasteiger partial charge in [-0.2, -0.15) is 0 Å². The van der Waals surface area contributed by atoms with Crippen molar-refractivity contribution in [1.29, 1.82) is 0 Å². The summed E-state index contributed by atoms with van der Waals surface area (Å²) in [6, 6.07) is 5.95. The number of carbonyl (C=O) groups is 4. The minimum atomic E-state index is -4.78. The van der Waals surface area contributed by atoms with Gasteiger partial charge in [-0.15, -0.1) is 0 Å². The number of ether oxygens (including phenoxy) is 4. The summed E-state index contributed by atoms with van der Waals surface area (Å²) >= 11 is 0. The van der Waals surface area contributed by atoms with E-state index < -0.39 is 53.9 Å². The van der Waals surface area contributed by atoms with Crippen molar-refractivity contribution in [3.63, 3.8) is 0 Å². The maximum atomic E-state index is 12.4. The molecule has 316 valence electrons. The maximum Gasteiger partial charge on any atom is 2.00 e. The molecule has 17 heteroatoms. The Hall–Kier alpha value is -2.60. The normalized spacial score (nSPS) is 11.5. The average Bonchev–Trinajstić information content (AvgIpc) is 3.10. The monoisotopic (exact) mass is 866 g/mol. The maximum absolute atomic E-state index is 12.4. The van der Waals surface area contributed by atoms with Crippen molar-refractivity contribution in [2.75, 3.05) is 26.4 Å². The predicted molar refractivity (Wildman–Crippen MR) is 212 cm³/mol. The van der Waals surface area contributed by atoms with Crippen molar-refractivity contribution in [3.05, 3.63) is 58.7 Å². The molecule has 0 aromatic heterocycles. The summed E-state index contributed by atoms with van der Waals surface area (Å²) in [4.78, 5) is 48.2. The van der Waals surface area contributed by atoms with E-state index in [-0.39, 0.29) is 86.4 Å². The molecule has 0 fully saturated rings.